The highest BCUT2D eigenvalue weighted by Gasteiger charge is 2.27. The normalized spacial score (nSPS) is 14.4. The molecule has 28 heavy (non-hydrogen) atoms. The third kappa shape index (κ3) is 2.94. The smallest absolute Gasteiger partial charge is 0.274 e. The van der Waals surface area contributed by atoms with Crippen molar-refractivity contribution in [2.24, 2.45) is 7.05 Å². The Morgan fingerprint density at radius 2 is 2.04 bits per heavy atom. The number of likely N-dealkylation sites (N-methyl/N-ethyl adjacent to an activating group) is 1. The molecule has 5 rings (SSSR count). The Labute approximate surface area is 170 Å². The van der Waals surface area contributed by atoms with Crippen LogP contribution < -0.4 is 5.32 Å². The van der Waals surface area contributed by atoms with Gasteiger partial charge in [0.2, 0.25) is 0 Å². The third-order valence-electron chi connectivity index (χ3n) is 5.04. The number of aryl methyl sites for hydroxylation is 1. The maximum atomic E-state index is 12.8. The van der Waals surface area contributed by atoms with E-state index in [9.17, 15) is 4.79 Å². The largest absolute Gasteiger partial charge is 0.312 e. The Hall–Kier alpha value is -2.55. The Balaban J connectivity index is 1.62. The summed E-state index contributed by atoms with van der Waals surface area (Å²) in [6, 6.07) is 9.91. The molecule has 0 spiro atoms. The molecule has 0 saturated heterocycles. The highest BCUT2D eigenvalue weighted by Crippen LogP contribution is 2.45. The Kier molecular flexibility index (Phi) is 4.26. The molecule has 0 fully saturated rings. The number of nitrogens with zero attached hydrogens (tertiary/aromatic N) is 4. The van der Waals surface area contributed by atoms with Gasteiger partial charge in [0.25, 0.3) is 5.91 Å². The third-order valence-corrected chi connectivity index (χ3v) is 7.22. The lowest BCUT2D eigenvalue weighted by atomic mass is 10.0. The van der Waals surface area contributed by atoms with E-state index in [2.05, 4.69) is 28.4 Å². The van der Waals surface area contributed by atoms with Crippen LogP contribution in [0, 0.1) is 0 Å². The minimum Gasteiger partial charge on any atom is -0.312 e. The molecule has 0 bridgehead atoms. The fourth-order valence-electron chi connectivity index (χ4n) is 3.59. The van der Waals surface area contributed by atoms with Crippen LogP contribution in [0.5, 0.6) is 0 Å². The summed E-state index contributed by atoms with van der Waals surface area (Å²) in [7, 11) is 3.91. The zero-order chi connectivity index (χ0) is 19.3. The van der Waals surface area contributed by atoms with Gasteiger partial charge in [-0.05, 0) is 37.2 Å². The fourth-order valence-corrected chi connectivity index (χ4v) is 6.02. The average molecular weight is 410 g/mol. The minimum atomic E-state index is -0.144. The van der Waals surface area contributed by atoms with Crippen LogP contribution in [0.1, 0.15) is 20.9 Å². The lowest BCUT2D eigenvalue weighted by Crippen LogP contribution is -2.25. The number of carbonyl (C=O) groups is 1. The molecule has 4 aromatic rings. The van der Waals surface area contributed by atoms with Crippen molar-refractivity contribution in [1.82, 2.24) is 19.7 Å². The van der Waals surface area contributed by atoms with E-state index in [1.54, 1.807) is 46.7 Å². The summed E-state index contributed by atoms with van der Waals surface area (Å²) in [5.74, 6) is -0.144. The minimum absolute atomic E-state index is 0.144. The molecule has 0 radical (unpaired) electrons. The molecular weight excluding hydrogens is 390 g/mol. The van der Waals surface area contributed by atoms with Gasteiger partial charge in [-0.3, -0.25) is 9.48 Å². The molecule has 0 saturated carbocycles. The van der Waals surface area contributed by atoms with Gasteiger partial charge in [-0.1, -0.05) is 12.1 Å². The molecule has 0 aliphatic carbocycles. The fraction of sp³-hybridized carbons (Fsp3) is 0.250. The van der Waals surface area contributed by atoms with Crippen LogP contribution >= 0.6 is 22.7 Å². The molecule has 0 unspecified atom stereocenters. The van der Waals surface area contributed by atoms with Crippen LogP contribution in [0.25, 0.3) is 20.8 Å². The first kappa shape index (κ1) is 17.5. The van der Waals surface area contributed by atoms with E-state index in [0.717, 1.165) is 45.3 Å². The van der Waals surface area contributed by atoms with Crippen molar-refractivity contribution < 1.29 is 4.79 Å². The second-order valence-corrected chi connectivity index (χ2v) is 9.11. The van der Waals surface area contributed by atoms with E-state index in [0.29, 0.717) is 5.69 Å². The number of carbonyl (C=O) groups excluding carboxylic acids is 1. The number of hydrogen-bond donors (Lipinski definition) is 1. The molecule has 4 heterocycles. The van der Waals surface area contributed by atoms with Crippen molar-refractivity contribution in [3.63, 3.8) is 0 Å². The quantitative estimate of drug-likeness (QED) is 0.556. The number of anilines is 1. The number of thiophene rings is 1. The summed E-state index contributed by atoms with van der Waals surface area (Å²) < 4.78 is 2.75. The zero-order valence-corrected chi connectivity index (χ0v) is 17.2. The van der Waals surface area contributed by atoms with Crippen molar-refractivity contribution in [2.45, 2.75) is 13.0 Å². The van der Waals surface area contributed by atoms with Gasteiger partial charge in [0.1, 0.15) is 15.7 Å². The van der Waals surface area contributed by atoms with Gasteiger partial charge in [0.05, 0.1) is 10.2 Å². The molecular formula is C20H19N5OS2. The number of thiazole rings is 1. The Bertz CT molecular complexity index is 1160. The second-order valence-electron chi connectivity index (χ2n) is 6.98. The summed E-state index contributed by atoms with van der Waals surface area (Å²) >= 11 is 3.35. The number of amides is 1. The summed E-state index contributed by atoms with van der Waals surface area (Å²) in [4.78, 5) is 21.3. The number of benzene rings is 1. The van der Waals surface area contributed by atoms with Gasteiger partial charge in [-0.15, -0.1) is 22.7 Å². The molecule has 8 heteroatoms. The van der Waals surface area contributed by atoms with Crippen LogP contribution in [-0.2, 0) is 20.0 Å². The first-order valence-corrected chi connectivity index (χ1v) is 10.7. The van der Waals surface area contributed by atoms with Gasteiger partial charge in [-0.25, -0.2) is 4.98 Å². The molecule has 6 nitrogen and oxygen atoms in total. The molecule has 3 aromatic heterocycles. The zero-order valence-electron chi connectivity index (χ0n) is 15.6. The van der Waals surface area contributed by atoms with Crippen LogP contribution in [0.15, 0.2) is 36.5 Å². The SMILES string of the molecule is CN1CCc2c(sc(NC(=O)c3ccnn3C)c2-c2nc3ccccc3s2)C1. The van der Waals surface area contributed by atoms with Gasteiger partial charge >= 0.3 is 0 Å². The summed E-state index contributed by atoms with van der Waals surface area (Å²) in [5.41, 5.74) is 3.95. The van der Waals surface area contributed by atoms with Crippen molar-refractivity contribution in [3.05, 3.63) is 52.7 Å². The summed E-state index contributed by atoms with van der Waals surface area (Å²) in [6.45, 7) is 1.91. The number of hydrogen-bond acceptors (Lipinski definition) is 6. The standard InChI is InChI=1S/C20H19N5OS2/c1-24-10-8-12-16(11-24)28-20(23-18(26)14-7-9-21-25(14)2)17(12)19-22-13-5-3-4-6-15(13)27-19/h3-7,9H,8,10-11H2,1-2H3,(H,23,26). The van der Waals surface area contributed by atoms with Crippen LogP contribution in [0.3, 0.4) is 0 Å². The summed E-state index contributed by atoms with van der Waals surface area (Å²) in [5, 5.41) is 9.10. The molecule has 1 aliphatic heterocycles. The lowest BCUT2D eigenvalue weighted by Gasteiger charge is -2.22. The average Bonchev–Trinajstić information content (AvgIpc) is 3.36. The van der Waals surface area contributed by atoms with Gasteiger partial charge in [0, 0.05) is 36.8 Å². The maximum absolute atomic E-state index is 12.8. The topological polar surface area (TPSA) is 63.1 Å². The highest BCUT2D eigenvalue weighted by molar-refractivity contribution is 7.22. The maximum Gasteiger partial charge on any atom is 0.274 e. The van der Waals surface area contributed by atoms with E-state index in [-0.39, 0.29) is 5.91 Å². The van der Waals surface area contributed by atoms with Crippen molar-refractivity contribution in [1.29, 1.82) is 0 Å². The Morgan fingerprint density at radius 3 is 2.82 bits per heavy atom. The van der Waals surface area contributed by atoms with Crippen molar-refractivity contribution in [3.8, 4) is 10.6 Å². The number of aromatic nitrogens is 3. The first-order valence-electron chi connectivity index (χ1n) is 9.08. The number of fused-ring (bicyclic) bond motifs is 2. The van der Waals surface area contributed by atoms with Gasteiger partial charge in [0.15, 0.2) is 0 Å². The molecule has 142 valence electrons. The second kappa shape index (κ2) is 6.80. The summed E-state index contributed by atoms with van der Waals surface area (Å²) in [6.07, 6.45) is 2.60. The lowest BCUT2D eigenvalue weighted by molar-refractivity contribution is 0.101. The predicted molar refractivity (Wildman–Crippen MR) is 114 cm³/mol. The van der Waals surface area contributed by atoms with Crippen molar-refractivity contribution in [2.75, 3.05) is 18.9 Å². The van der Waals surface area contributed by atoms with Crippen LogP contribution in [-0.4, -0.2) is 39.2 Å². The number of rotatable bonds is 3. The van der Waals surface area contributed by atoms with E-state index in [1.165, 1.54) is 10.4 Å². The van der Waals surface area contributed by atoms with E-state index >= 15 is 0 Å². The number of para-hydroxylation sites is 1. The first-order chi connectivity index (χ1) is 13.6. The van der Waals surface area contributed by atoms with E-state index < -0.39 is 0 Å². The van der Waals surface area contributed by atoms with Crippen LogP contribution in [0.2, 0.25) is 0 Å². The van der Waals surface area contributed by atoms with Crippen LogP contribution in [0.4, 0.5) is 5.00 Å². The molecule has 1 N–H and O–H groups in total. The molecule has 1 amide bonds. The van der Waals surface area contributed by atoms with E-state index in [1.807, 2.05) is 18.2 Å². The Morgan fingerprint density at radius 1 is 1.18 bits per heavy atom. The molecule has 0 atom stereocenters. The van der Waals surface area contributed by atoms with Gasteiger partial charge < -0.3 is 10.2 Å². The molecule has 1 aliphatic rings. The number of nitrogens with one attached hydrogen (secondary N) is 1. The molecule has 1 aromatic carbocycles. The van der Waals surface area contributed by atoms with E-state index in [4.69, 9.17) is 4.98 Å². The highest BCUT2D eigenvalue weighted by atomic mass is 32.1. The van der Waals surface area contributed by atoms with Gasteiger partial charge in [-0.2, -0.15) is 5.10 Å². The monoisotopic (exact) mass is 409 g/mol. The predicted octanol–water partition coefficient (Wildman–Crippen LogP) is 4.00. The van der Waals surface area contributed by atoms with Crippen molar-refractivity contribution >= 4 is 43.8 Å².